The van der Waals surface area contributed by atoms with Crippen LogP contribution in [0, 0.1) is 0 Å². The number of fused-ring (bicyclic) bond motifs is 1. The van der Waals surface area contributed by atoms with Crippen molar-refractivity contribution in [3.63, 3.8) is 0 Å². The highest BCUT2D eigenvalue weighted by molar-refractivity contribution is 8.16. The lowest BCUT2D eigenvalue weighted by atomic mass is 10.1. The van der Waals surface area contributed by atoms with Crippen LogP contribution in [0.2, 0.25) is 0 Å². The molecule has 29 heavy (non-hydrogen) atoms. The number of hydrogen-bond donors (Lipinski definition) is 0. The zero-order valence-corrected chi connectivity index (χ0v) is 18.0. The van der Waals surface area contributed by atoms with Crippen LogP contribution in [-0.4, -0.2) is 56.4 Å². The van der Waals surface area contributed by atoms with E-state index in [0.29, 0.717) is 5.17 Å². The summed E-state index contributed by atoms with van der Waals surface area (Å²) in [5.74, 6) is -0.0107. The zero-order valence-electron chi connectivity index (χ0n) is 16.4. The van der Waals surface area contributed by atoms with Gasteiger partial charge in [-0.25, -0.2) is 8.42 Å². The number of carbonyl (C=O) groups excluding carboxylic acids is 1. The minimum atomic E-state index is -3.08. The molecule has 2 saturated heterocycles. The Kier molecular flexibility index (Phi) is 5.40. The first-order valence-electron chi connectivity index (χ1n) is 9.41. The van der Waals surface area contributed by atoms with Gasteiger partial charge in [-0.2, -0.15) is 4.99 Å². The van der Waals surface area contributed by atoms with Crippen molar-refractivity contribution in [3.8, 4) is 0 Å². The van der Waals surface area contributed by atoms with Gasteiger partial charge in [0.1, 0.15) is 0 Å². The molecule has 0 aliphatic carbocycles. The Morgan fingerprint density at radius 3 is 2.45 bits per heavy atom. The van der Waals surface area contributed by atoms with Gasteiger partial charge in [0.2, 0.25) is 0 Å². The summed E-state index contributed by atoms with van der Waals surface area (Å²) in [4.78, 5) is 20.9. The van der Waals surface area contributed by atoms with E-state index in [2.05, 4.69) is 4.99 Å². The number of nitrogens with zero attached hydrogens (tertiary/aromatic N) is 3. The Bertz CT molecular complexity index is 1030. The highest BCUT2D eigenvalue weighted by Gasteiger charge is 2.49. The molecule has 2 aromatic rings. The smallest absolute Gasteiger partial charge is 0.252 e. The molecule has 6 nitrogen and oxygen atoms in total. The topological polar surface area (TPSA) is 70.0 Å². The van der Waals surface area contributed by atoms with Crippen LogP contribution in [0.25, 0.3) is 0 Å². The Balaban J connectivity index is 1.64. The maximum atomic E-state index is 12.6. The molecule has 2 fully saturated rings. The molecule has 2 aromatic carbocycles. The second-order valence-electron chi connectivity index (χ2n) is 7.53. The van der Waals surface area contributed by atoms with E-state index in [1.807, 2.05) is 78.5 Å². The van der Waals surface area contributed by atoms with Crippen LogP contribution in [0.4, 0.5) is 11.4 Å². The highest BCUT2D eigenvalue weighted by atomic mass is 32.2. The summed E-state index contributed by atoms with van der Waals surface area (Å²) in [7, 11) is 0.856. The minimum Gasteiger partial charge on any atom is -0.378 e. The predicted molar refractivity (Wildman–Crippen MR) is 120 cm³/mol. The Morgan fingerprint density at radius 2 is 1.79 bits per heavy atom. The van der Waals surface area contributed by atoms with Crippen LogP contribution >= 0.6 is 11.8 Å². The predicted octanol–water partition coefficient (Wildman–Crippen LogP) is 2.60. The average molecular weight is 430 g/mol. The molecule has 2 aliphatic heterocycles. The van der Waals surface area contributed by atoms with Crippen molar-refractivity contribution in [2.45, 2.75) is 17.7 Å². The maximum Gasteiger partial charge on any atom is 0.252 e. The van der Waals surface area contributed by atoms with E-state index in [-0.39, 0.29) is 35.1 Å². The fraction of sp³-hybridized carbons (Fsp3) is 0.333. The van der Waals surface area contributed by atoms with Crippen molar-refractivity contribution in [2.24, 2.45) is 4.99 Å². The molecule has 8 heteroatoms. The third-order valence-corrected chi connectivity index (χ3v) is 8.34. The molecule has 2 aliphatic rings. The average Bonchev–Trinajstić information content (AvgIpc) is 3.13. The molecule has 152 valence electrons. The lowest BCUT2D eigenvalue weighted by Gasteiger charge is -2.25. The van der Waals surface area contributed by atoms with E-state index in [9.17, 15) is 13.2 Å². The molecular formula is C21H23N3O3S2. The summed E-state index contributed by atoms with van der Waals surface area (Å²) in [6, 6.07) is 17.2. The van der Waals surface area contributed by atoms with E-state index in [0.717, 1.165) is 16.9 Å². The van der Waals surface area contributed by atoms with Crippen LogP contribution in [-0.2, 0) is 21.1 Å². The summed E-state index contributed by atoms with van der Waals surface area (Å²) in [6.07, 6.45) is 0.228. The number of rotatable bonds is 4. The normalized spacial score (nSPS) is 23.9. The molecule has 1 amide bonds. The first kappa shape index (κ1) is 20.0. The number of aliphatic imine (C=N–C) groups is 1. The van der Waals surface area contributed by atoms with E-state index in [1.165, 1.54) is 11.8 Å². The van der Waals surface area contributed by atoms with Gasteiger partial charge in [0.05, 0.1) is 24.0 Å². The van der Waals surface area contributed by atoms with Crippen molar-refractivity contribution >= 4 is 44.0 Å². The fourth-order valence-corrected chi connectivity index (χ4v) is 7.63. The largest absolute Gasteiger partial charge is 0.378 e. The van der Waals surface area contributed by atoms with Crippen molar-refractivity contribution in [2.75, 3.05) is 35.4 Å². The number of carbonyl (C=O) groups is 1. The first-order valence-corrected chi connectivity index (χ1v) is 12.1. The van der Waals surface area contributed by atoms with Crippen LogP contribution in [0.5, 0.6) is 0 Å². The van der Waals surface area contributed by atoms with E-state index >= 15 is 0 Å². The lowest BCUT2D eigenvalue weighted by molar-refractivity contribution is -0.117. The van der Waals surface area contributed by atoms with Gasteiger partial charge in [-0.1, -0.05) is 42.1 Å². The van der Waals surface area contributed by atoms with Gasteiger partial charge in [0, 0.05) is 30.7 Å². The highest BCUT2D eigenvalue weighted by Crippen LogP contribution is 2.41. The van der Waals surface area contributed by atoms with Crippen molar-refractivity contribution in [1.82, 2.24) is 0 Å². The van der Waals surface area contributed by atoms with E-state index < -0.39 is 9.84 Å². The van der Waals surface area contributed by atoms with Crippen molar-refractivity contribution in [3.05, 3.63) is 60.2 Å². The number of thioether (sulfide) groups is 1. The summed E-state index contributed by atoms with van der Waals surface area (Å²) in [5, 5.41) is 0.491. The molecule has 0 spiro atoms. The molecule has 0 aromatic heterocycles. The van der Waals surface area contributed by atoms with Crippen molar-refractivity contribution < 1.29 is 13.2 Å². The van der Waals surface area contributed by atoms with Gasteiger partial charge in [-0.3, -0.25) is 4.79 Å². The number of sulfone groups is 1. The summed E-state index contributed by atoms with van der Waals surface area (Å²) >= 11 is 1.40. The van der Waals surface area contributed by atoms with Gasteiger partial charge >= 0.3 is 0 Å². The second-order valence-corrected chi connectivity index (χ2v) is 10.9. The van der Waals surface area contributed by atoms with Gasteiger partial charge in [-0.05, 0) is 29.8 Å². The number of amides is 1. The van der Waals surface area contributed by atoms with Gasteiger partial charge in [0.25, 0.3) is 5.91 Å². The molecule has 4 rings (SSSR count). The standard InChI is InChI=1S/C21H23N3O3S2/c1-23(2)16-8-10-17(11-9-16)24-18-13-29(26,27)14-19(18)28-21(24)22-20(25)12-15-6-4-3-5-7-15/h3-11,18-19H,12-14H2,1-2H3. The van der Waals surface area contributed by atoms with Crippen LogP contribution in [0.3, 0.4) is 0 Å². The molecule has 0 saturated carbocycles. The quantitative estimate of drug-likeness (QED) is 0.744. The molecule has 2 heterocycles. The zero-order chi connectivity index (χ0) is 20.6. The second kappa shape index (κ2) is 7.84. The summed E-state index contributed by atoms with van der Waals surface area (Å²) in [5.41, 5.74) is 2.82. The number of benzene rings is 2. The fourth-order valence-electron chi connectivity index (χ4n) is 3.69. The monoisotopic (exact) mass is 429 g/mol. The lowest BCUT2D eigenvalue weighted by Crippen LogP contribution is -2.37. The van der Waals surface area contributed by atoms with E-state index in [1.54, 1.807) is 0 Å². The number of anilines is 2. The third-order valence-electron chi connectivity index (χ3n) is 5.13. The minimum absolute atomic E-state index is 0.0893. The molecular weight excluding hydrogens is 406 g/mol. The van der Waals surface area contributed by atoms with E-state index in [4.69, 9.17) is 0 Å². The molecule has 2 unspecified atom stereocenters. The third kappa shape index (κ3) is 4.33. The van der Waals surface area contributed by atoms with Crippen LogP contribution in [0.1, 0.15) is 5.56 Å². The Morgan fingerprint density at radius 1 is 1.10 bits per heavy atom. The van der Waals surface area contributed by atoms with Gasteiger partial charge in [-0.15, -0.1) is 0 Å². The maximum absolute atomic E-state index is 12.6. The Labute approximate surface area is 175 Å². The van der Waals surface area contributed by atoms with Gasteiger partial charge in [0.15, 0.2) is 15.0 Å². The summed E-state index contributed by atoms with van der Waals surface area (Å²) in [6.45, 7) is 0. The van der Waals surface area contributed by atoms with Crippen molar-refractivity contribution in [1.29, 1.82) is 0 Å². The number of hydrogen-bond acceptors (Lipinski definition) is 5. The van der Waals surface area contributed by atoms with Gasteiger partial charge < -0.3 is 9.80 Å². The first-order chi connectivity index (χ1) is 13.8. The molecule has 0 bridgehead atoms. The molecule has 2 atom stereocenters. The van der Waals surface area contributed by atoms with Crippen LogP contribution < -0.4 is 9.80 Å². The molecule has 0 N–H and O–H groups in total. The molecule has 0 radical (unpaired) electrons. The van der Waals surface area contributed by atoms with Crippen LogP contribution in [0.15, 0.2) is 59.6 Å². The SMILES string of the molecule is CN(C)c1ccc(N2C(=NC(=O)Cc3ccccc3)SC3CS(=O)(=O)CC32)cc1. The Hall–Kier alpha value is -2.32. The number of amidine groups is 1. The summed E-state index contributed by atoms with van der Waals surface area (Å²) < 4.78 is 24.4.